The molecule has 0 radical (unpaired) electrons. The van der Waals surface area contributed by atoms with Gasteiger partial charge in [-0.15, -0.1) is 0 Å². The summed E-state index contributed by atoms with van der Waals surface area (Å²) in [5.41, 5.74) is 1.33. The summed E-state index contributed by atoms with van der Waals surface area (Å²) >= 11 is 0. The molecule has 1 saturated heterocycles. The van der Waals surface area contributed by atoms with Crippen molar-refractivity contribution in [2.24, 2.45) is 5.41 Å². The number of sulfonamides is 1. The molecule has 2 aliphatic rings. The maximum atomic E-state index is 13.3. The van der Waals surface area contributed by atoms with Gasteiger partial charge in [0.2, 0.25) is 15.9 Å². The van der Waals surface area contributed by atoms with E-state index in [1.54, 1.807) is 32.4 Å². The van der Waals surface area contributed by atoms with Crippen LogP contribution in [0, 0.1) is 5.41 Å². The van der Waals surface area contributed by atoms with Crippen LogP contribution in [0.4, 0.5) is 0 Å². The Bertz CT molecular complexity index is 1250. The number of likely N-dealkylation sites (N-methyl/N-ethyl adjacent to an activating group) is 1. The lowest BCUT2D eigenvalue weighted by molar-refractivity contribution is -0.135. The lowest BCUT2D eigenvalue weighted by Gasteiger charge is -2.44. The fourth-order valence-electron chi connectivity index (χ4n) is 5.33. The highest BCUT2D eigenvalue weighted by atomic mass is 32.2. The Hall–Kier alpha value is -2.70. The second-order valence-corrected chi connectivity index (χ2v) is 12.2. The summed E-state index contributed by atoms with van der Waals surface area (Å²) in [6, 6.07) is 12.6. The number of ether oxygens (including phenoxy) is 3. The molecule has 2 N–H and O–H groups in total. The number of β-amino-alcohol motifs (C(OH)–C–C–N with tert-alkyl or cyclic N) is 1. The van der Waals surface area contributed by atoms with Crippen LogP contribution in [-0.4, -0.2) is 103 Å². The van der Waals surface area contributed by atoms with E-state index in [0.717, 1.165) is 11.1 Å². The number of aliphatic hydroxyl groups excluding tert-OH is 1. The number of nitrogens with one attached hydrogen (secondary N) is 1. The third-order valence-electron chi connectivity index (χ3n) is 7.50. The molecule has 1 unspecified atom stereocenters. The maximum Gasteiger partial charge on any atom is 0.244 e. The molecular weight excluding hydrogens is 522 g/mol. The van der Waals surface area contributed by atoms with Crippen molar-refractivity contribution in [2.75, 3.05) is 67.2 Å². The molecule has 1 atom stereocenters. The van der Waals surface area contributed by atoms with Crippen LogP contribution in [0.2, 0.25) is 0 Å². The molecule has 11 heteroatoms. The first-order chi connectivity index (χ1) is 18.6. The summed E-state index contributed by atoms with van der Waals surface area (Å²) in [5.74, 6) is 1.01. The normalized spacial score (nSPS) is 21.7. The number of benzene rings is 2. The average Bonchev–Trinajstić information content (AvgIpc) is 2.93. The molecule has 1 spiro atoms. The van der Waals surface area contributed by atoms with E-state index in [0.29, 0.717) is 57.8 Å². The van der Waals surface area contributed by atoms with Crippen molar-refractivity contribution in [1.82, 2.24) is 14.5 Å². The van der Waals surface area contributed by atoms with Crippen LogP contribution in [0.1, 0.15) is 19.3 Å². The Morgan fingerprint density at radius 2 is 1.90 bits per heavy atom. The standard InChI is InChI=1S/C28H39N3O7S/c1-30-18-23(32)17-29-39(34,35)26-8-7-22(21-5-4-6-24(15-21)37-3)16-25(26)38-20-28(19-30)10-12-31(13-11-28)27(33)9-14-36-2/h4-8,15-16,23,29,32H,9-14,17-20H2,1-3H3. The van der Waals surface area contributed by atoms with Crippen molar-refractivity contribution in [3.63, 3.8) is 0 Å². The van der Waals surface area contributed by atoms with Gasteiger partial charge in [-0.2, -0.15) is 0 Å². The monoisotopic (exact) mass is 561 g/mol. The highest BCUT2D eigenvalue weighted by molar-refractivity contribution is 7.89. The van der Waals surface area contributed by atoms with E-state index >= 15 is 0 Å². The number of methoxy groups -OCH3 is 2. The molecule has 2 heterocycles. The smallest absolute Gasteiger partial charge is 0.244 e. The number of rotatable bonds is 5. The van der Waals surface area contributed by atoms with E-state index in [4.69, 9.17) is 14.2 Å². The number of hydrogen-bond acceptors (Lipinski definition) is 8. The number of amides is 1. The highest BCUT2D eigenvalue weighted by Crippen LogP contribution is 2.37. The molecule has 39 heavy (non-hydrogen) atoms. The van der Waals surface area contributed by atoms with Gasteiger partial charge < -0.3 is 29.1 Å². The minimum absolute atomic E-state index is 0.0256. The van der Waals surface area contributed by atoms with Crippen LogP contribution >= 0.6 is 0 Å². The van der Waals surface area contributed by atoms with Gasteiger partial charge in [0.05, 0.1) is 32.8 Å². The molecule has 0 saturated carbocycles. The largest absolute Gasteiger partial charge is 0.497 e. The third kappa shape index (κ3) is 7.29. The fraction of sp³-hybridized carbons (Fsp3) is 0.536. The van der Waals surface area contributed by atoms with Gasteiger partial charge in [0.1, 0.15) is 16.4 Å². The third-order valence-corrected chi connectivity index (χ3v) is 8.97. The molecule has 10 nitrogen and oxygen atoms in total. The molecule has 0 aliphatic carbocycles. The molecule has 1 fully saturated rings. The summed E-state index contributed by atoms with van der Waals surface area (Å²) in [6.07, 6.45) is 0.860. The number of carbonyl (C=O) groups excluding carboxylic acids is 1. The maximum absolute atomic E-state index is 13.3. The van der Waals surface area contributed by atoms with Crippen molar-refractivity contribution in [2.45, 2.75) is 30.3 Å². The molecule has 2 aromatic rings. The van der Waals surface area contributed by atoms with E-state index in [1.165, 1.54) is 0 Å². The zero-order valence-electron chi connectivity index (χ0n) is 22.9. The zero-order valence-corrected chi connectivity index (χ0v) is 23.7. The van der Waals surface area contributed by atoms with Crippen molar-refractivity contribution in [3.8, 4) is 22.6 Å². The first-order valence-electron chi connectivity index (χ1n) is 13.2. The minimum atomic E-state index is -3.95. The van der Waals surface area contributed by atoms with Gasteiger partial charge in [0.25, 0.3) is 0 Å². The van der Waals surface area contributed by atoms with Crippen LogP contribution in [-0.2, 0) is 19.6 Å². The predicted molar refractivity (Wildman–Crippen MR) is 147 cm³/mol. The number of hydrogen-bond donors (Lipinski definition) is 2. The molecule has 1 amide bonds. The van der Waals surface area contributed by atoms with Crippen molar-refractivity contribution < 1.29 is 32.5 Å². The number of aliphatic hydroxyl groups is 1. The summed E-state index contributed by atoms with van der Waals surface area (Å²) < 4.78 is 45.9. The first-order valence-corrected chi connectivity index (χ1v) is 14.7. The number of likely N-dealkylation sites (tertiary alicyclic amines) is 1. The van der Waals surface area contributed by atoms with Gasteiger partial charge in [-0.05, 0) is 55.3 Å². The van der Waals surface area contributed by atoms with Crippen LogP contribution in [0.3, 0.4) is 0 Å². The van der Waals surface area contributed by atoms with Gasteiger partial charge in [0.15, 0.2) is 0 Å². The Labute approximate surface area is 230 Å². The highest BCUT2D eigenvalue weighted by Gasteiger charge is 2.39. The van der Waals surface area contributed by atoms with E-state index in [2.05, 4.69) is 4.72 Å². The van der Waals surface area contributed by atoms with Gasteiger partial charge in [-0.3, -0.25) is 4.79 Å². The quantitative estimate of drug-likeness (QED) is 0.569. The molecule has 0 bridgehead atoms. The first kappa shape index (κ1) is 29.3. The second-order valence-electron chi connectivity index (χ2n) is 10.5. The Balaban J connectivity index is 1.66. The number of carbonyl (C=O) groups is 1. The number of nitrogens with zero attached hydrogens (tertiary/aromatic N) is 2. The summed E-state index contributed by atoms with van der Waals surface area (Å²) in [5, 5.41) is 10.6. The van der Waals surface area contributed by atoms with Crippen molar-refractivity contribution in [1.29, 1.82) is 0 Å². The fourth-order valence-corrected chi connectivity index (χ4v) is 6.52. The topological polar surface area (TPSA) is 118 Å². The van der Waals surface area contributed by atoms with Gasteiger partial charge in [-0.1, -0.05) is 18.2 Å². The predicted octanol–water partition coefficient (Wildman–Crippen LogP) is 1.97. The van der Waals surface area contributed by atoms with Crippen LogP contribution in [0.15, 0.2) is 47.4 Å². The molecular formula is C28H39N3O7S. The van der Waals surface area contributed by atoms with E-state index in [-0.39, 0.29) is 35.1 Å². The van der Waals surface area contributed by atoms with Gasteiger partial charge in [0, 0.05) is 45.2 Å². The minimum Gasteiger partial charge on any atom is -0.497 e. The lowest BCUT2D eigenvalue weighted by atomic mass is 9.78. The summed E-state index contributed by atoms with van der Waals surface area (Å²) in [6.45, 7) is 2.66. The zero-order chi connectivity index (χ0) is 28.0. The van der Waals surface area contributed by atoms with Gasteiger partial charge >= 0.3 is 0 Å². The van der Waals surface area contributed by atoms with E-state index < -0.39 is 16.1 Å². The van der Waals surface area contributed by atoms with Crippen LogP contribution in [0.5, 0.6) is 11.5 Å². The van der Waals surface area contributed by atoms with Crippen molar-refractivity contribution in [3.05, 3.63) is 42.5 Å². The summed E-state index contributed by atoms with van der Waals surface area (Å²) in [7, 11) is 1.15. The Morgan fingerprint density at radius 3 is 2.62 bits per heavy atom. The second kappa shape index (κ2) is 12.6. The SMILES string of the molecule is COCCC(=O)N1CCC2(CC1)COc1cc(-c3cccc(OC)c3)ccc1S(=O)(=O)NCC(O)CN(C)C2. The molecule has 0 aromatic heterocycles. The average molecular weight is 562 g/mol. The number of piperidine rings is 1. The van der Waals surface area contributed by atoms with E-state index in [1.807, 2.05) is 41.1 Å². The van der Waals surface area contributed by atoms with Crippen LogP contribution < -0.4 is 14.2 Å². The van der Waals surface area contributed by atoms with Gasteiger partial charge in [-0.25, -0.2) is 13.1 Å². The van der Waals surface area contributed by atoms with Crippen LogP contribution in [0.25, 0.3) is 11.1 Å². The molecule has 4 rings (SSSR count). The number of fused-ring (bicyclic) bond motifs is 1. The Kier molecular flexibility index (Phi) is 9.50. The molecule has 2 aromatic carbocycles. The summed E-state index contributed by atoms with van der Waals surface area (Å²) in [4.78, 5) is 16.5. The Morgan fingerprint density at radius 1 is 1.15 bits per heavy atom. The molecule has 2 aliphatic heterocycles. The molecule has 214 valence electrons. The lowest BCUT2D eigenvalue weighted by Crippen LogP contribution is -2.51. The van der Waals surface area contributed by atoms with E-state index in [9.17, 15) is 18.3 Å². The van der Waals surface area contributed by atoms with Crippen molar-refractivity contribution >= 4 is 15.9 Å².